The molecule has 2 aliphatic rings. The second-order valence-electron chi connectivity index (χ2n) is 8.03. The van der Waals surface area contributed by atoms with Crippen LogP contribution in [0.4, 0.5) is 5.82 Å². The normalized spacial score (nSPS) is 24.8. The number of ether oxygens (including phenoxy) is 2. The monoisotopic (exact) mass is 424 g/mol. The Morgan fingerprint density at radius 2 is 2.23 bits per heavy atom. The first-order valence-corrected chi connectivity index (χ1v) is 11.1. The molecule has 0 radical (unpaired) electrons. The van der Waals surface area contributed by atoms with Crippen LogP contribution >= 0.6 is 11.5 Å². The number of aromatic amines is 1. The fourth-order valence-corrected chi connectivity index (χ4v) is 5.13. The highest BCUT2D eigenvalue weighted by molar-refractivity contribution is 7.13. The van der Waals surface area contributed by atoms with Crippen LogP contribution in [-0.2, 0) is 9.47 Å². The first kappa shape index (κ1) is 19.4. The van der Waals surface area contributed by atoms with E-state index in [1.807, 2.05) is 13.0 Å². The number of H-pyrrole nitrogens is 1. The Kier molecular flexibility index (Phi) is 5.15. The van der Waals surface area contributed by atoms with Crippen LogP contribution in [0.15, 0.2) is 12.1 Å². The summed E-state index contributed by atoms with van der Waals surface area (Å²) in [5, 5.41) is 16.8. The van der Waals surface area contributed by atoms with Crippen LogP contribution in [0.25, 0.3) is 21.6 Å². The maximum atomic E-state index is 9.46. The van der Waals surface area contributed by atoms with E-state index >= 15 is 0 Å². The zero-order chi connectivity index (χ0) is 20.7. The Morgan fingerprint density at radius 1 is 1.33 bits per heavy atom. The third-order valence-electron chi connectivity index (χ3n) is 5.88. The summed E-state index contributed by atoms with van der Waals surface area (Å²) in [6.45, 7) is 6.86. The Hall–Kier alpha value is -2.54. The minimum atomic E-state index is -0.124. The van der Waals surface area contributed by atoms with Crippen LogP contribution in [-0.4, -0.2) is 52.0 Å². The zero-order valence-electron chi connectivity index (χ0n) is 17.1. The minimum Gasteiger partial charge on any atom is -0.377 e. The number of rotatable bonds is 3. The Bertz CT molecular complexity index is 1100. The quantitative estimate of drug-likeness (QED) is 0.685. The van der Waals surface area contributed by atoms with Crippen molar-refractivity contribution in [1.82, 2.24) is 19.6 Å². The van der Waals surface area contributed by atoms with Crippen molar-refractivity contribution in [1.29, 1.82) is 5.26 Å². The number of hydrogen-bond acceptors (Lipinski definition) is 8. The molecule has 30 heavy (non-hydrogen) atoms. The number of morpholine rings is 1. The van der Waals surface area contributed by atoms with Gasteiger partial charge in [-0.1, -0.05) is 0 Å². The Morgan fingerprint density at radius 3 is 3.00 bits per heavy atom. The van der Waals surface area contributed by atoms with Gasteiger partial charge < -0.3 is 14.4 Å². The average Bonchev–Trinajstić information content (AvgIpc) is 3.39. The molecule has 3 aromatic heterocycles. The molecule has 0 spiro atoms. The number of anilines is 1. The molecule has 5 rings (SSSR count). The lowest BCUT2D eigenvalue weighted by atomic mass is 9.93. The van der Waals surface area contributed by atoms with Gasteiger partial charge >= 0.3 is 0 Å². The van der Waals surface area contributed by atoms with E-state index in [0.29, 0.717) is 26.2 Å². The molecule has 9 heteroatoms. The summed E-state index contributed by atoms with van der Waals surface area (Å²) in [4.78, 5) is 7.33. The highest BCUT2D eigenvalue weighted by Gasteiger charge is 2.30. The van der Waals surface area contributed by atoms with Crippen molar-refractivity contribution in [3.8, 4) is 17.5 Å². The van der Waals surface area contributed by atoms with Crippen molar-refractivity contribution >= 4 is 27.6 Å². The number of aryl methyl sites for hydroxylation is 1. The maximum Gasteiger partial charge on any atom is 0.130 e. The van der Waals surface area contributed by atoms with Crippen LogP contribution < -0.4 is 4.90 Å². The summed E-state index contributed by atoms with van der Waals surface area (Å²) in [7, 11) is 0. The van der Waals surface area contributed by atoms with E-state index in [4.69, 9.17) is 18.8 Å². The third-order valence-corrected chi connectivity index (χ3v) is 6.76. The highest BCUT2D eigenvalue weighted by Crippen LogP contribution is 2.41. The smallest absolute Gasteiger partial charge is 0.130 e. The van der Waals surface area contributed by atoms with Gasteiger partial charge in [-0.2, -0.15) is 14.7 Å². The first-order chi connectivity index (χ1) is 14.6. The maximum absolute atomic E-state index is 9.46. The van der Waals surface area contributed by atoms with E-state index in [1.165, 1.54) is 11.5 Å². The molecule has 0 saturated carbocycles. The molecule has 2 aliphatic heterocycles. The summed E-state index contributed by atoms with van der Waals surface area (Å²) in [6, 6.07) is 6.78. The standard InChI is InChI=1S/C21H24N6O2S/c1-12-7-16(25-24-12)19-20-21(30-26-19)15(17-8-14(10-22)3-5-29-17)9-18(23-20)27-4-6-28-11-13(27)2/h7,9,13-14,17H,3-6,8,11H2,1-2H3,(H,24,25)/t13-,14?,17?/m1/s1. The van der Waals surface area contributed by atoms with Gasteiger partial charge in [0.1, 0.15) is 17.0 Å². The van der Waals surface area contributed by atoms with Crippen LogP contribution in [0.1, 0.15) is 37.1 Å². The Balaban J connectivity index is 1.65. The third kappa shape index (κ3) is 3.45. The summed E-state index contributed by atoms with van der Waals surface area (Å²) in [6.07, 6.45) is 1.36. The van der Waals surface area contributed by atoms with Gasteiger partial charge in [-0.05, 0) is 50.4 Å². The summed E-state index contributed by atoms with van der Waals surface area (Å²) in [5.74, 6) is 0.925. The van der Waals surface area contributed by atoms with Crippen molar-refractivity contribution in [2.24, 2.45) is 5.92 Å². The molecule has 8 nitrogen and oxygen atoms in total. The number of pyridine rings is 1. The van der Waals surface area contributed by atoms with Crippen molar-refractivity contribution < 1.29 is 9.47 Å². The SMILES string of the molecule is Cc1cc(-c2nsc3c(C4CC(C#N)CCO4)cc(N4CCOC[C@H]4C)nc23)[nH]n1. The molecule has 156 valence electrons. The van der Waals surface area contributed by atoms with E-state index in [1.54, 1.807) is 0 Å². The van der Waals surface area contributed by atoms with Gasteiger partial charge in [0, 0.05) is 18.7 Å². The van der Waals surface area contributed by atoms with E-state index in [-0.39, 0.29) is 18.1 Å². The lowest BCUT2D eigenvalue weighted by Crippen LogP contribution is -2.44. The Labute approximate surface area is 179 Å². The number of hydrogen-bond donors (Lipinski definition) is 1. The molecule has 0 aromatic carbocycles. The van der Waals surface area contributed by atoms with Crippen molar-refractivity contribution in [2.45, 2.75) is 38.8 Å². The molecule has 0 aliphatic carbocycles. The molecular weight excluding hydrogens is 400 g/mol. The van der Waals surface area contributed by atoms with Gasteiger partial charge in [0.05, 0.1) is 53.4 Å². The topological polar surface area (TPSA) is 100.0 Å². The first-order valence-electron chi connectivity index (χ1n) is 10.3. The van der Waals surface area contributed by atoms with E-state index in [9.17, 15) is 5.26 Å². The molecule has 5 heterocycles. The lowest BCUT2D eigenvalue weighted by molar-refractivity contribution is 0.00163. The zero-order valence-corrected chi connectivity index (χ0v) is 17.9. The van der Waals surface area contributed by atoms with Crippen LogP contribution in [0, 0.1) is 24.2 Å². The van der Waals surface area contributed by atoms with Gasteiger partial charge in [0.25, 0.3) is 0 Å². The van der Waals surface area contributed by atoms with Crippen molar-refractivity contribution in [3.05, 3.63) is 23.4 Å². The number of nitriles is 1. The number of nitrogens with one attached hydrogen (secondary N) is 1. The lowest BCUT2D eigenvalue weighted by Gasteiger charge is -2.35. The molecular formula is C21H24N6O2S. The van der Waals surface area contributed by atoms with Crippen molar-refractivity contribution in [2.75, 3.05) is 31.3 Å². The number of aromatic nitrogens is 4. The van der Waals surface area contributed by atoms with Crippen molar-refractivity contribution in [3.63, 3.8) is 0 Å². The molecule has 0 amide bonds. The van der Waals surface area contributed by atoms with Gasteiger partial charge in [0.15, 0.2) is 0 Å². The predicted octanol–water partition coefficient (Wildman–Crippen LogP) is 3.61. The van der Waals surface area contributed by atoms with Crippen LogP contribution in [0.2, 0.25) is 0 Å². The van der Waals surface area contributed by atoms with Gasteiger partial charge in [-0.25, -0.2) is 4.98 Å². The fraction of sp³-hybridized carbons (Fsp3) is 0.524. The summed E-state index contributed by atoms with van der Waals surface area (Å²) >= 11 is 1.44. The van der Waals surface area contributed by atoms with Gasteiger partial charge in [-0.3, -0.25) is 5.10 Å². The highest BCUT2D eigenvalue weighted by atomic mass is 32.1. The van der Waals surface area contributed by atoms with Gasteiger partial charge in [-0.15, -0.1) is 0 Å². The largest absolute Gasteiger partial charge is 0.377 e. The number of nitrogens with zero attached hydrogens (tertiary/aromatic N) is 5. The van der Waals surface area contributed by atoms with E-state index in [0.717, 1.165) is 51.6 Å². The molecule has 1 N–H and O–H groups in total. The van der Waals surface area contributed by atoms with Gasteiger partial charge in [0.2, 0.25) is 0 Å². The molecule has 3 atom stereocenters. The van der Waals surface area contributed by atoms with E-state index in [2.05, 4.69) is 34.2 Å². The number of fused-ring (bicyclic) bond motifs is 1. The fourth-order valence-electron chi connectivity index (χ4n) is 4.23. The molecule has 2 unspecified atom stereocenters. The summed E-state index contributed by atoms with van der Waals surface area (Å²) < 4.78 is 17.5. The van der Waals surface area contributed by atoms with Crippen LogP contribution in [0.5, 0.6) is 0 Å². The molecule has 0 bridgehead atoms. The molecule has 3 aromatic rings. The molecule has 2 saturated heterocycles. The van der Waals surface area contributed by atoms with E-state index < -0.39 is 0 Å². The molecule has 2 fully saturated rings. The van der Waals surface area contributed by atoms with Crippen LogP contribution in [0.3, 0.4) is 0 Å². The minimum absolute atomic E-state index is 0.0142. The second kappa shape index (κ2) is 7.95. The predicted molar refractivity (Wildman–Crippen MR) is 114 cm³/mol. The average molecular weight is 425 g/mol. The summed E-state index contributed by atoms with van der Waals surface area (Å²) in [5.41, 5.74) is 4.53. The second-order valence-corrected chi connectivity index (χ2v) is 8.80.